The highest BCUT2D eigenvalue weighted by Crippen LogP contribution is 2.33. The van der Waals surface area contributed by atoms with Crippen molar-refractivity contribution in [3.05, 3.63) is 60.0 Å². The lowest BCUT2D eigenvalue weighted by atomic mass is 10.0. The van der Waals surface area contributed by atoms with Crippen LogP contribution in [0.3, 0.4) is 0 Å². The van der Waals surface area contributed by atoms with E-state index >= 15 is 0 Å². The van der Waals surface area contributed by atoms with Crippen molar-refractivity contribution in [1.82, 2.24) is 4.98 Å². The van der Waals surface area contributed by atoms with Gasteiger partial charge in [-0.15, -0.1) is 0 Å². The zero-order valence-corrected chi connectivity index (χ0v) is 10.1. The second kappa shape index (κ2) is 4.37. The van der Waals surface area contributed by atoms with Crippen molar-refractivity contribution < 1.29 is 17.6 Å². The van der Waals surface area contributed by atoms with E-state index in [1.54, 1.807) is 18.3 Å². The van der Waals surface area contributed by atoms with Gasteiger partial charge in [-0.1, -0.05) is 18.2 Å². The van der Waals surface area contributed by atoms with E-state index < -0.39 is 17.6 Å². The summed E-state index contributed by atoms with van der Waals surface area (Å²) in [5.41, 5.74) is 0.671. The van der Waals surface area contributed by atoms with Crippen molar-refractivity contribution in [2.75, 3.05) is 0 Å². The molecule has 0 unspecified atom stereocenters. The van der Waals surface area contributed by atoms with Gasteiger partial charge in [0.1, 0.15) is 5.82 Å². The molecule has 0 amide bonds. The first-order valence-corrected chi connectivity index (χ1v) is 5.89. The molecule has 1 N–H and O–H groups in total. The molecule has 0 aliphatic carbocycles. The van der Waals surface area contributed by atoms with Gasteiger partial charge in [0, 0.05) is 11.7 Å². The minimum absolute atomic E-state index is 0.409. The molecule has 0 radical (unpaired) electrons. The lowest BCUT2D eigenvalue weighted by Gasteiger charge is -2.09. The van der Waals surface area contributed by atoms with Gasteiger partial charge >= 0.3 is 6.18 Å². The predicted octanol–water partition coefficient (Wildman–Crippen LogP) is 4.99. The van der Waals surface area contributed by atoms with Crippen LogP contribution < -0.4 is 0 Å². The SMILES string of the molecule is Fc1cc(-c2ccc3cc[nH]c3c2)ccc1C(F)(F)F. The average molecular weight is 279 g/mol. The van der Waals surface area contributed by atoms with Crippen LogP contribution in [-0.2, 0) is 6.18 Å². The summed E-state index contributed by atoms with van der Waals surface area (Å²) >= 11 is 0. The Morgan fingerprint density at radius 2 is 1.55 bits per heavy atom. The highest BCUT2D eigenvalue weighted by molar-refractivity contribution is 5.84. The summed E-state index contributed by atoms with van der Waals surface area (Å²) in [6.07, 6.45) is -2.91. The molecule has 3 rings (SSSR count). The van der Waals surface area contributed by atoms with Gasteiger partial charge in [0.25, 0.3) is 0 Å². The second-order valence-electron chi connectivity index (χ2n) is 4.47. The van der Waals surface area contributed by atoms with Gasteiger partial charge in [0.15, 0.2) is 0 Å². The van der Waals surface area contributed by atoms with Crippen LogP contribution in [0.1, 0.15) is 5.56 Å². The Balaban J connectivity index is 2.08. The monoisotopic (exact) mass is 279 g/mol. The summed E-state index contributed by atoms with van der Waals surface area (Å²) < 4.78 is 51.1. The second-order valence-corrected chi connectivity index (χ2v) is 4.47. The zero-order valence-electron chi connectivity index (χ0n) is 10.1. The van der Waals surface area contributed by atoms with E-state index in [0.29, 0.717) is 11.1 Å². The Kier molecular flexibility index (Phi) is 2.78. The van der Waals surface area contributed by atoms with E-state index in [4.69, 9.17) is 0 Å². The fraction of sp³-hybridized carbons (Fsp3) is 0.0667. The molecule has 20 heavy (non-hydrogen) atoms. The average Bonchev–Trinajstić information content (AvgIpc) is 2.84. The number of aromatic nitrogens is 1. The van der Waals surface area contributed by atoms with Crippen LogP contribution in [0.5, 0.6) is 0 Å². The van der Waals surface area contributed by atoms with E-state index in [-0.39, 0.29) is 0 Å². The molecule has 0 fully saturated rings. The molecule has 0 bridgehead atoms. The highest BCUT2D eigenvalue weighted by atomic mass is 19.4. The van der Waals surface area contributed by atoms with E-state index in [1.807, 2.05) is 12.1 Å². The molecular formula is C15H9F4N. The number of benzene rings is 2. The Labute approximate surface area is 111 Å². The largest absolute Gasteiger partial charge is 0.419 e. The van der Waals surface area contributed by atoms with E-state index in [1.165, 1.54) is 6.07 Å². The number of aromatic amines is 1. The standard InChI is InChI=1S/C15H9F4N/c16-13-7-10(3-4-12(13)15(17,18)19)11-2-1-9-5-6-20-14(9)8-11/h1-8,20H. The van der Waals surface area contributed by atoms with Crippen molar-refractivity contribution >= 4 is 10.9 Å². The third-order valence-corrected chi connectivity index (χ3v) is 3.16. The highest BCUT2D eigenvalue weighted by Gasteiger charge is 2.33. The molecule has 0 aliphatic rings. The molecule has 1 nitrogen and oxygen atoms in total. The number of halogens is 4. The summed E-state index contributed by atoms with van der Waals surface area (Å²) in [5, 5.41) is 0.987. The summed E-state index contributed by atoms with van der Waals surface area (Å²) in [6, 6.07) is 10.2. The maximum Gasteiger partial charge on any atom is 0.419 e. The van der Waals surface area contributed by atoms with Crippen molar-refractivity contribution in [1.29, 1.82) is 0 Å². The number of nitrogens with one attached hydrogen (secondary N) is 1. The fourth-order valence-electron chi connectivity index (χ4n) is 2.15. The normalized spacial score (nSPS) is 12.0. The van der Waals surface area contributed by atoms with Gasteiger partial charge in [-0.3, -0.25) is 0 Å². The Bertz CT molecular complexity index is 771. The molecule has 5 heteroatoms. The number of alkyl halides is 3. The van der Waals surface area contributed by atoms with Crippen molar-refractivity contribution in [2.45, 2.75) is 6.18 Å². The van der Waals surface area contributed by atoms with E-state index in [9.17, 15) is 17.6 Å². The van der Waals surface area contributed by atoms with Gasteiger partial charge in [-0.25, -0.2) is 4.39 Å². The van der Waals surface area contributed by atoms with E-state index in [0.717, 1.165) is 23.0 Å². The number of rotatable bonds is 1. The van der Waals surface area contributed by atoms with Gasteiger partial charge < -0.3 is 4.98 Å². The summed E-state index contributed by atoms with van der Waals surface area (Å²) in [6.45, 7) is 0. The predicted molar refractivity (Wildman–Crippen MR) is 68.7 cm³/mol. The first-order chi connectivity index (χ1) is 9.45. The quantitative estimate of drug-likeness (QED) is 0.604. The molecule has 1 aromatic heterocycles. The number of hydrogen-bond acceptors (Lipinski definition) is 0. The van der Waals surface area contributed by atoms with Crippen molar-refractivity contribution in [3.63, 3.8) is 0 Å². The summed E-state index contributed by atoms with van der Waals surface area (Å²) in [4.78, 5) is 3.01. The third kappa shape index (κ3) is 2.15. The van der Waals surface area contributed by atoms with Gasteiger partial charge in [0.2, 0.25) is 0 Å². The molecule has 2 aromatic carbocycles. The van der Waals surface area contributed by atoms with Crippen molar-refractivity contribution in [2.24, 2.45) is 0 Å². The first-order valence-electron chi connectivity index (χ1n) is 5.89. The van der Waals surface area contributed by atoms with Crippen LogP contribution in [0.4, 0.5) is 17.6 Å². The van der Waals surface area contributed by atoms with Crippen LogP contribution in [0.2, 0.25) is 0 Å². The topological polar surface area (TPSA) is 15.8 Å². The van der Waals surface area contributed by atoms with Crippen molar-refractivity contribution in [3.8, 4) is 11.1 Å². The van der Waals surface area contributed by atoms with Crippen LogP contribution in [0.25, 0.3) is 22.0 Å². The summed E-state index contributed by atoms with van der Waals surface area (Å²) in [7, 11) is 0. The molecule has 0 saturated carbocycles. The van der Waals surface area contributed by atoms with Gasteiger partial charge in [0.05, 0.1) is 5.56 Å². The Morgan fingerprint density at radius 1 is 0.850 bits per heavy atom. The first kappa shape index (κ1) is 12.7. The minimum atomic E-state index is -4.67. The smallest absolute Gasteiger partial charge is 0.361 e. The molecule has 3 aromatic rings. The maximum absolute atomic E-state index is 13.6. The van der Waals surface area contributed by atoms with Crippen LogP contribution >= 0.6 is 0 Å². The number of fused-ring (bicyclic) bond motifs is 1. The lowest BCUT2D eigenvalue weighted by Crippen LogP contribution is -2.07. The fourth-order valence-corrected chi connectivity index (χ4v) is 2.15. The van der Waals surface area contributed by atoms with Crippen LogP contribution in [0, 0.1) is 5.82 Å². The number of H-pyrrole nitrogens is 1. The van der Waals surface area contributed by atoms with Crippen LogP contribution in [-0.4, -0.2) is 4.98 Å². The molecule has 0 spiro atoms. The maximum atomic E-state index is 13.6. The summed E-state index contributed by atoms with van der Waals surface area (Å²) in [5.74, 6) is -1.26. The molecule has 102 valence electrons. The van der Waals surface area contributed by atoms with E-state index in [2.05, 4.69) is 4.98 Å². The molecule has 0 aliphatic heterocycles. The Morgan fingerprint density at radius 3 is 2.25 bits per heavy atom. The Hall–Kier alpha value is -2.30. The minimum Gasteiger partial charge on any atom is -0.361 e. The van der Waals surface area contributed by atoms with Gasteiger partial charge in [-0.2, -0.15) is 13.2 Å². The number of hydrogen-bond donors (Lipinski definition) is 1. The molecule has 0 saturated heterocycles. The lowest BCUT2D eigenvalue weighted by molar-refractivity contribution is -0.139. The zero-order chi connectivity index (χ0) is 14.3. The molecular weight excluding hydrogens is 270 g/mol. The van der Waals surface area contributed by atoms with Crippen LogP contribution in [0.15, 0.2) is 48.7 Å². The molecule has 1 heterocycles. The third-order valence-electron chi connectivity index (χ3n) is 3.16. The molecule has 0 atom stereocenters. The van der Waals surface area contributed by atoms with Gasteiger partial charge in [-0.05, 0) is 40.8 Å².